The van der Waals surface area contributed by atoms with Gasteiger partial charge in [-0.05, 0) is 49.2 Å². The quantitative estimate of drug-likeness (QED) is 0.877. The van der Waals surface area contributed by atoms with Crippen molar-refractivity contribution in [1.82, 2.24) is 0 Å². The summed E-state index contributed by atoms with van der Waals surface area (Å²) in [5.74, 6) is 0.379. The van der Waals surface area contributed by atoms with Crippen molar-refractivity contribution in [3.8, 4) is 0 Å². The number of benzene rings is 2. The van der Waals surface area contributed by atoms with E-state index in [1.807, 2.05) is 32.0 Å². The lowest BCUT2D eigenvalue weighted by molar-refractivity contribution is 0.599. The summed E-state index contributed by atoms with van der Waals surface area (Å²) in [6.07, 6.45) is 0. The molecule has 0 saturated carbocycles. The minimum absolute atomic E-state index is 0.256. The number of fused-ring (bicyclic) bond motifs is 1. The second-order valence-electron chi connectivity index (χ2n) is 4.84. The lowest BCUT2D eigenvalue weighted by atomic mass is 10.1. The third-order valence-corrected chi connectivity index (χ3v) is 4.74. The molecule has 102 valence electrons. The zero-order chi connectivity index (χ0) is 14.3. The summed E-state index contributed by atoms with van der Waals surface area (Å²) in [7, 11) is -3.57. The first-order valence-electron chi connectivity index (χ1n) is 6.26. The second-order valence-corrected chi connectivity index (χ2v) is 6.41. The van der Waals surface area contributed by atoms with Crippen LogP contribution in [0.3, 0.4) is 0 Å². The number of hydrogen-bond acceptors (Lipinski definition) is 3. The molecule has 0 aromatic heterocycles. The number of anilines is 1. The summed E-state index contributed by atoms with van der Waals surface area (Å²) >= 11 is 0. The minimum atomic E-state index is -3.57. The molecule has 0 spiro atoms. The fraction of sp³-hybridized carbons (Fsp3) is 0.133. The maximum atomic E-state index is 11.9. The lowest BCUT2D eigenvalue weighted by Gasteiger charge is -2.08. The Morgan fingerprint density at radius 1 is 1.00 bits per heavy atom. The van der Waals surface area contributed by atoms with Crippen molar-refractivity contribution in [2.45, 2.75) is 18.7 Å². The Hall–Kier alpha value is -2.14. The maximum absolute atomic E-state index is 11.9. The SMILES string of the molecule is Cc1ccc(NC2=NS(=O)(=O)c3ccccc32)cc1C. The lowest BCUT2D eigenvalue weighted by Crippen LogP contribution is -2.11. The van der Waals surface area contributed by atoms with E-state index < -0.39 is 10.0 Å². The predicted octanol–water partition coefficient (Wildman–Crippen LogP) is 2.86. The first-order chi connectivity index (χ1) is 9.47. The molecule has 0 atom stereocenters. The van der Waals surface area contributed by atoms with Crippen LogP contribution in [0.1, 0.15) is 16.7 Å². The minimum Gasteiger partial charge on any atom is -0.339 e. The molecule has 0 radical (unpaired) electrons. The van der Waals surface area contributed by atoms with E-state index in [0.29, 0.717) is 11.4 Å². The van der Waals surface area contributed by atoms with Gasteiger partial charge >= 0.3 is 0 Å². The van der Waals surface area contributed by atoms with E-state index in [-0.39, 0.29) is 4.90 Å². The molecule has 20 heavy (non-hydrogen) atoms. The van der Waals surface area contributed by atoms with Crippen molar-refractivity contribution in [3.05, 3.63) is 59.2 Å². The van der Waals surface area contributed by atoms with Crippen molar-refractivity contribution in [2.75, 3.05) is 5.32 Å². The van der Waals surface area contributed by atoms with Crippen LogP contribution in [0.15, 0.2) is 51.8 Å². The van der Waals surface area contributed by atoms with Gasteiger partial charge in [0.25, 0.3) is 10.0 Å². The van der Waals surface area contributed by atoms with Gasteiger partial charge in [0.15, 0.2) is 5.84 Å². The summed E-state index contributed by atoms with van der Waals surface area (Å²) in [5, 5.41) is 3.09. The average molecular weight is 286 g/mol. The summed E-state index contributed by atoms with van der Waals surface area (Å²) in [4.78, 5) is 0.256. The average Bonchev–Trinajstić information content (AvgIpc) is 2.66. The van der Waals surface area contributed by atoms with Crippen molar-refractivity contribution < 1.29 is 8.42 Å². The van der Waals surface area contributed by atoms with Gasteiger partial charge in [-0.1, -0.05) is 18.2 Å². The van der Waals surface area contributed by atoms with E-state index in [9.17, 15) is 8.42 Å². The highest BCUT2D eigenvalue weighted by Gasteiger charge is 2.28. The molecule has 0 saturated heterocycles. The van der Waals surface area contributed by atoms with Gasteiger partial charge < -0.3 is 5.32 Å². The summed E-state index contributed by atoms with van der Waals surface area (Å²) < 4.78 is 27.7. The number of hydrogen-bond donors (Lipinski definition) is 1. The molecule has 1 N–H and O–H groups in total. The number of amidine groups is 1. The van der Waals surface area contributed by atoms with E-state index in [0.717, 1.165) is 11.3 Å². The molecule has 4 nitrogen and oxygen atoms in total. The van der Waals surface area contributed by atoms with Crippen molar-refractivity contribution >= 4 is 21.5 Å². The second kappa shape index (κ2) is 4.45. The Balaban J connectivity index is 2.02. The monoisotopic (exact) mass is 286 g/mol. The zero-order valence-corrected chi connectivity index (χ0v) is 12.0. The normalized spacial score (nSPS) is 15.6. The number of rotatable bonds is 1. The van der Waals surface area contributed by atoms with Crippen LogP contribution < -0.4 is 5.32 Å². The van der Waals surface area contributed by atoms with Crippen molar-refractivity contribution in [3.63, 3.8) is 0 Å². The molecule has 2 aromatic rings. The van der Waals surface area contributed by atoms with Crippen LogP contribution in [-0.4, -0.2) is 14.3 Å². The van der Waals surface area contributed by atoms with Gasteiger partial charge in [0, 0.05) is 11.3 Å². The third-order valence-electron chi connectivity index (χ3n) is 3.40. The molecule has 3 rings (SSSR count). The predicted molar refractivity (Wildman–Crippen MR) is 79.7 cm³/mol. The first-order valence-corrected chi connectivity index (χ1v) is 7.70. The molecule has 1 aliphatic heterocycles. The van der Waals surface area contributed by atoms with Crippen LogP contribution in [0.2, 0.25) is 0 Å². The van der Waals surface area contributed by atoms with E-state index in [4.69, 9.17) is 0 Å². The van der Waals surface area contributed by atoms with E-state index >= 15 is 0 Å². The zero-order valence-electron chi connectivity index (χ0n) is 11.2. The molecular formula is C15H14N2O2S. The summed E-state index contributed by atoms with van der Waals surface area (Å²) in [5.41, 5.74) is 3.78. The van der Waals surface area contributed by atoms with Gasteiger partial charge in [-0.25, -0.2) is 0 Å². The van der Waals surface area contributed by atoms with Crippen molar-refractivity contribution in [2.24, 2.45) is 4.40 Å². The fourth-order valence-corrected chi connectivity index (χ4v) is 3.33. The highest BCUT2D eigenvalue weighted by molar-refractivity contribution is 7.90. The number of nitrogens with one attached hydrogen (secondary N) is 1. The van der Waals surface area contributed by atoms with Gasteiger partial charge in [-0.15, -0.1) is 4.40 Å². The summed E-state index contributed by atoms with van der Waals surface area (Å²) in [6, 6.07) is 12.7. The Bertz CT molecular complexity index is 824. The van der Waals surface area contributed by atoms with Crippen LogP contribution >= 0.6 is 0 Å². The third kappa shape index (κ3) is 2.10. The maximum Gasteiger partial charge on any atom is 0.285 e. The molecule has 1 aliphatic rings. The number of sulfonamides is 1. The van der Waals surface area contributed by atoms with E-state index in [1.54, 1.807) is 24.3 Å². The molecule has 0 fully saturated rings. The molecule has 0 amide bonds. The standard InChI is InChI=1S/C15H14N2O2S/c1-10-7-8-12(9-11(10)2)16-15-13-5-3-4-6-14(13)20(18,19)17-15/h3-9H,1-2H3,(H,16,17). The molecular weight excluding hydrogens is 272 g/mol. The summed E-state index contributed by atoms with van der Waals surface area (Å²) in [6.45, 7) is 4.05. The highest BCUT2D eigenvalue weighted by Crippen LogP contribution is 2.27. The molecule has 2 aromatic carbocycles. The van der Waals surface area contributed by atoms with Crippen LogP contribution in [0, 0.1) is 13.8 Å². The molecule has 5 heteroatoms. The van der Waals surface area contributed by atoms with E-state index in [2.05, 4.69) is 9.71 Å². The van der Waals surface area contributed by atoms with Gasteiger partial charge in [0.05, 0.1) is 0 Å². The van der Waals surface area contributed by atoms with Crippen LogP contribution in [0.5, 0.6) is 0 Å². The number of aryl methyl sites for hydroxylation is 2. The van der Waals surface area contributed by atoms with Gasteiger partial charge in [-0.2, -0.15) is 8.42 Å². The Labute approximate surface area is 118 Å². The van der Waals surface area contributed by atoms with E-state index in [1.165, 1.54) is 5.56 Å². The Morgan fingerprint density at radius 3 is 2.50 bits per heavy atom. The largest absolute Gasteiger partial charge is 0.339 e. The van der Waals surface area contributed by atoms with Crippen LogP contribution in [0.4, 0.5) is 5.69 Å². The topological polar surface area (TPSA) is 58.5 Å². The fourth-order valence-electron chi connectivity index (χ4n) is 2.15. The van der Waals surface area contributed by atoms with Gasteiger partial charge in [0.1, 0.15) is 4.90 Å². The Kier molecular flexibility index (Phi) is 2.87. The molecule has 1 heterocycles. The highest BCUT2D eigenvalue weighted by atomic mass is 32.2. The smallest absolute Gasteiger partial charge is 0.285 e. The molecule has 0 bridgehead atoms. The number of nitrogens with zero attached hydrogens (tertiary/aromatic N) is 1. The first kappa shape index (κ1) is 12.9. The van der Waals surface area contributed by atoms with Crippen LogP contribution in [0.25, 0.3) is 0 Å². The Morgan fingerprint density at radius 2 is 1.75 bits per heavy atom. The van der Waals surface area contributed by atoms with Gasteiger partial charge in [-0.3, -0.25) is 0 Å². The molecule has 0 unspecified atom stereocenters. The van der Waals surface area contributed by atoms with Crippen molar-refractivity contribution in [1.29, 1.82) is 0 Å². The molecule has 0 aliphatic carbocycles. The van der Waals surface area contributed by atoms with Crippen LogP contribution in [-0.2, 0) is 10.0 Å². The van der Waals surface area contributed by atoms with Gasteiger partial charge in [0.2, 0.25) is 0 Å².